The van der Waals surface area contributed by atoms with E-state index in [4.69, 9.17) is 9.40 Å². The Morgan fingerprint density at radius 3 is 2.88 bits per heavy atom. The van der Waals surface area contributed by atoms with E-state index in [2.05, 4.69) is 33.0 Å². The smallest absolute Gasteiger partial charge is 0.230 e. The molecule has 1 aliphatic rings. The van der Waals surface area contributed by atoms with E-state index in [0.29, 0.717) is 24.9 Å². The Labute approximate surface area is 149 Å². The molecule has 2 aromatic heterocycles. The molecule has 0 unspecified atom stereocenters. The van der Waals surface area contributed by atoms with Crippen LogP contribution in [0.3, 0.4) is 0 Å². The van der Waals surface area contributed by atoms with Crippen LogP contribution in [0, 0.1) is 6.92 Å². The normalized spacial score (nSPS) is 20.9. The second kappa shape index (κ2) is 6.70. The van der Waals surface area contributed by atoms with E-state index in [-0.39, 0.29) is 6.04 Å². The molecule has 1 aromatic carbocycles. The first-order valence-electron chi connectivity index (χ1n) is 8.45. The molecule has 2 atom stereocenters. The number of likely N-dealkylation sites (N-methyl/N-ethyl adjacent to an activating group) is 1. The largest absolute Gasteiger partial charge is 0.424 e. The van der Waals surface area contributed by atoms with Crippen LogP contribution in [0.5, 0.6) is 0 Å². The zero-order valence-electron chi connectivity index (χ0n) is 14.3. The molecule has 132 valence electrons. The van der Waals surface area contributed by atoms with Gasteiger partial charge in [-0.2, -0.15) is 0 Å². The summed E-state index contributed by atoms with van der Waals surface area (Å²) >= 11 is 1.67. The van der Waals surface area contributed by atoms with Crippen LogP contribution in [0.1, 0.15) is 18.7 Å². The second-order valence-electron chi connectivity index (χ2n) is 6.28. The van der Waals surface area contributed by atoms with Crippen LogP contribution in [-0.2, 0) is 6.54 Å². The van der Waals surface area contributed by atoms with E-state index in [1.165, 1.54) is 4.70 Å². The minimum absolute atomic E-state index is 0.0178. The number of para-hydroxylation sites is 1. The van der Waals surface area contributed by atoms with Crippen LogP contribution < -0.4 is 4.90 Å². The van der Waals surface area contributed by atoms with Crippen LogP contribution in [0.25, 0.3) is 10.2 Å². The van der Waals surface area contributed by atoms with Crippen molar-refractivity contribution in [3.05, 3.63) is 36.0 Å². The number of β-amino-alcohol motifs (C(OH)–C–C–N with tert-alkyl or cyclic N) is 1. The number of hydrogen-bond acceptors (Lipinski definition) is 8. The summed E-state index contributed by atoms with van der Waals surface area (Å²) < 4.78 is 6.66. The minimum Gasteiger partial charge on any atom is -0.424 e. The lowest BCUT2D eigenvalue weighted by molar-refractivity contribution is 0.0761. The van der Waals surface area contributed by atoms with Crippen molar-refractivity contribution in [1.82, 2.24) is 20.1 Å². The van der Waals surface area contributed by atoms with E-state index >= 15 is 0 Å². The van der Waals surface area contributed by atoms with Crippen molar-refractivity contribution in [2.24, 2.45) is 0 Å². The van der Waals surface area contributed by atoms with Gasteiger partial charge in [-0.15, -0.1) is 10.2 Å². The van der Waals surface area contributed by atoms with Gasteiger partial charge in [-0.3, -0.25) is 4.90 Å². The van der Waals surface area contributed by atoms with Gasteiger partial charge in [0.2, 0.25) is 11.8 Å². The van der Waals surface area contributed by atoms with E-state index < -0.39 is 6.10 Å². The van der Waals surface area contributed by atoms with Crippen LogP contribution in [0.4, 0.5) is 5.13 Å². The molecular weight excluding hydrogens is 338 g/mol. The summed E-state index contributed by atoms with van der Waals surface area (Å²) in [6.45, 7) is 6.54. The van der Waals surface area contributed by atoms with Crippen molar-refractivity contribution in [3.63, 3.8) is 0 Å². The summed E-state index contributed by atoms with van der Waals surface area (Å²) in [6, 6.07) is 8.14. The third-order valence-corrected chi connectivity index (χ3v) is 5.69. The fourth-order valence-corrected chi connectivity index (χ4v) is 4.30. The van der Waals surface area contributed by atoms with E-state index in [1.807, 2.05) is 18.2 Å². The maximum Gasteiger partial charge on any atom is 0.230 e. The number of aliphatic hydroxyl groups excluding tert-OH is 1. The number of aryl methyl sites for hydroxylation is 1. The van der Waals surface area contributed by atoms with Crippen LogP contribution in [0.15, 0.2) is 28.7 Å². The van der Waals surface area contributed by atoms with Crippen molar-refractivity contribution < 1.29 is 9.52 Å². The highest BCUT2D eigenvalue weighted by molar-refractivity contribution is 7.22. The van der Waals surface area contributed by atoms with Crippen molar-refractivity contribution in [3.8, 4) is 0 Å². The highest BCUT2D eigenvalue weighted by Gasteiger charge is 2.36. The van der Waals surface area contributed by atoms with Gasteiger partial charge in [0.1, 0.15) is 0 Å². The third kappa shape index (κ3) is 3.24. The first kappa shape index (κ1) is 16.4. The lowest BCUT2D eigenvalue weighted by Crippen LogP contribution is -2.42. The van der Waals surface area contributed by atoms with E-state index in [1.54, 1.807) is 18.3 Å². The Hall–Kier alpha value is -2.03. The number of aliphatic hydroxyl groups is 1. The summed E-state index contributed by atoms with van der Waals surface area (Å²) in [5.74, 6) is 1.15. The Kier molecular flexibility index (Phi) is 4.41. The molecular formula is C17H21N5O2S. The number of thiazole rings is 1. The zero-order valence-corrected chi connectivity index (χ0v) is 15.1. The number of benzene rings is 1. The van der Waals surface area contributed by atoms with Crippen molar-refractivity contribution in [1.29, 1.82) is 0 Å². The molecule has 0 bridgehead atoms. The lowest BCUT2D eigenvalue weighted by atomic mass is 10.2. The molecule has 0 aliphatic carbocycles. The minimum atomic E-state index is -0.434. The van der Waals surface area contributed by atoms with E-state index in [0.717, 1.165) is 23.7 Å². The van der Waals surface area contributed by atoms with Gasteiger partial charge >= 0.3 is 0 Å². The lowest BCUT2D eigenvalue weighted by Gasteiger charge is -2.27. The first-order valence-corrected chi connectivity index (χ1v) is 9.27. The Morgan fingerprint density at radius 1 is 1.32 bits per heavy atom. The molecule has 3 aromatic rings. The molecule has 1 aliphatic heterocycles. The topological polar surface area (TPSA) is 78.5 Å². The van der Waals surface area contributed by atoms with Gasteiger partial charge in [-0.05, 0) is 18.7 Å². The van der Waals surface area contributed by atoms with Gasteiger partial charge in [0.15, 0.2) is 5.13 Å². The predicted octanol–water partition coefficient (Wildman–Crippen LogP) is 2.06. The average molecular weight is 359 g/mol. The van der Waals surface area contributed by atoms with Crippen LogP contribution in [-0.4, -0.2) is 57.0 Å². The first-order chi connectivity index (χ1) is 12.1. The molecule has 1 saturated heterocycles. The van der Waals surface area contributed by atoms with Crippen molar-refractivity contribution in [2.75, 3.05) is 24.5 Å². The second-order valence-corrected chi connectivity index (χ2v) is 7.29. The predicted molar refractivity (Wildman–Crippen MR) is 96.7 cm³/mol. The zero-order chi connectivity index (χ0) is 17.4. The monoisotopic (exact) mass is 359 g/mol. The molecule has 25 heavy (non-hydrogen) atoms. The number of hydrogen-bond donors (Lipinski definition) is 1. The van der Waals surface area contributed by atoms with Gasteiger partial charge in [0.25, 0.3) is 0 Å². The summed E-state index contributed by atoms with van der Waals surface area (Å²) in [5, 5.41) is 19.5. The number of anilines is 1. The van der Waals surface area contributed by atoms with E-state index in [9.17, 15) is 5.11 Å². The van der Waals surface area contributed by atoms with Crippen molar-refractivity contribution >= 4 is 26.7 Å². The summed E-state index contributed by atoms with van der Waals surface area (Å²) in [7, 11) is 0. The molecule has 1 fully saturated rings. The van der Waals surface area contributed by atoms with Crippen LogP contribution >= 0.6 is 11.3 Å². The molecule has 3 heterocycles. The van der Waals surface area contributed by atoms with Gasteiger partial charge in [-0.25, -0.2) is 4.98 Å². The number of nitrogens with zero attached hydrogens (tertiary/aromatic N) is 5. The van der Waals surface area contributed by atoms with Gasteiger partial charge in [-0.1, -0.05) is 30.4 Å². The number of fused-ring (bicyclic) bond motifs is 1. The van der Waals surface area contributed by atoms with Gasteiger partial charge in [0, 0.05) is 20.0 Å². The highest BCUT2D eigenvalue weighted by atomic mass is 32.1. The highest BCUT2D eigenvalue weighted by Crippen LogP contribution is 2.31. The van der Waals surface area contributed by atoms with Crippen molar-refractivity contribution in [2.45, 2.75) is 32.5 Å². The molecule has 0 saturated carbocycles. The summed E-state index contributed by atoms with van der Waals surface area (Å²) in [5.41, 5.74) is 1.01. The molecule has 7 nitrogen and oxygen atoms in total. The SMILES string of the molecule is CCN(Cc1nnc(C)o1)[C@H]1CN(c2nc3ccccc3s2)C[C@H]1O. The maximum absolute atomic E-state index is 10.6. The van der Waals surface area contributed by atoms with Gasteiger partial charge in [0.05, 0.1) is 28.9 Å². The van der Waals surface area contributed by atoms with Crippen LogP contribution in [0.2, 0.25) is 0 Å². The number of rotatable bonds is 5. The quantitative estimate of drug-likeness (QED) is 0.747. The van der Waals surface area contributed by atoms with Gasteiger partial charge < -0.3 is 14.4 Å². The Balaban J connectivity index is 1.51. The Morgan fingerprint density at radius 2 is 2.16 bits per heavy atom. The fraction of sp³-hybridized carbons (Fsp3) is 0.471. The Bertz CT molecular complexity index is 830. The molecule has 0 radical (unpaired) electrons. The molecule has 0 amide bonds. The number of aromatic nitrogens is 3. The standard InChI is InChI=1S/C17H21N5O2S/c1-3-21(10-16-20-19-11(2)24-16)13-8-22(9-14(13)23)17-18-12-6-4-5-7-15(12)25-17/h4-7,13-14,23H,3,8-10H2,1-2H3/t13-,14+/m0/s1. The average Bonchev–Trinajstić information content (AvgIpc) is 3.30. The molecule has 8 heteroatoms. The molecule has 4 rings (SSSR count). The third-order valence-electron chi connectivity index (χ3n) is 4.59. The molecule has 1 N–H and O–H groups in total. The fourth-order valence-electron chi connectivity index (χ4n) is 3.32. The summed E-state index contributed by atoms with van der Waals surface area (Å²) in [6.07, 6.45) is -0.434. The summed E-state index contributed by atoms with van der Waals surface area (Å²) in [4.78, 5) is 9.06. The maximum atomic E-state index is 10.6. The molecule has 0 spiro atoms.